The van der Waals surface area contributed by atoms with Crippen LogP contribution in [0.1, 0.15) is 29.2 Å². The Kier molecular flexibility index (Phi) is 4.40. The second-order valence-electron chi connectivity index (χ2n) is 5.59. The number of carboxylic acids is 1. The summed E-state index contributed by atoms with van der Waals surface area (Å²) in [6.07, 6.45) is 2.53. The van der Waals surface area contributed by atoms with E-state index in [0.717, 1.165) is 28.3 Å². The van der Waals surface area contributed by atoms with E-state index in [9.17, 15) is 9.90 Å². The second-order valence-corrected chi connectivity index (χ2v) is 6.56. The van der Waals surface area contributed by atoms with Gasteiger partial charge in [0.15, 0.2) is 4.96 Å². The number of carboxylic acid groups (broad SMARTS) is 1. The van der Waals surface area contributed by atoms with Gasteiger partial charge < -0.3 is 9.84 Å². The first-order valence-corrected chi connectivity index (χ1v) is 8.43. The molecule has 0 fully saturated rings. The van der Waals surface area contributed by atoms with Crippen molar-refractivity contribution in [2.24, 2.45) is 0 Å². The molecular formula is C18H18N2O3S. The normalized spacial score (nSPS) is 10.9. The van der Waals surface area contributed by atoms with Crippen LogP contribution in [0.2, 0.25) is 0 Å². The molecule has 0 bridgehead atoms. The molecule has 0 unspecified atom stereocenters. The Labute approximate surface area is 143 Å². The molecule has 0 aliphatic rings. The van der Waals surface area contributed by atoms with Crippen LogP contribution in [0.5, 0.6) is 5.75 Å². The average Bonchev–Trinajstić information content (AvgIpc) is 3.10. The Morgan fingerprint density at radius 1 is 1.38 bits per heavy atom. The summed E-state index contributed by atoms with van der Waals surface area (Å²) in [5.74, 6) is -0.118. The minimum absolute atomic E-state index is 0.357. The topological polar surface area (TPSA) is 63.8 Å². The van der Waals surface area contributed by atoms with Gasteiger partial charge in [-0.3, -0.25) is 4.40 Å². The van der Waals surface area contributed by atoms with Gasteiger partial charge in [0.25, 0.3) is 0 Å². The zero-order valence-electron chi connectivity index (χ0n) is 13.6. The van der Waals surface area contributed by atoms with E-state index < -0.39 is 5.97 Å². The lowest BCUT2D eigenvalue weighted by Gasteiger charge is -2.06. The van der Waals surface area contributed by atoms with Gasteiger partial charge in [-0.2, -0.15) is 0 Å². The Hall–Kier alpha value is -2.60. The predicted molar refractivity (Wildman–Crippen MR) is 95.2 cm³/mol. The number of hydrogen-bond donors (Lipinski definition) is 1. The van der Waals surface area contributed by atoms with Crippen LogP contribution in [0.4, 0.5) is 0 Å². The van der Waals surface area contributed by atoms with Crippen LogP contribution in [0.3, 0.4) is 0 Å². The van der Waals surface area contributed by atoms with Crippen LogP contribution in [0.25, 0.3) is 16.2 Å². The fraction of sp³-hybridized carbons (Fsp3) is 0.222. The van der Waals surface area contributed by atoms with Gasteiger partial charge in [-0.25, -0.2) is 9.78 Å². The molecule has 24 heavy (non-hydrogen) atoms. The fourth-order valence-corrected chi connectivity index (χ4v) is 3.49. The van der Waals surface area contributed by atoms with Crippen LogP contribution in [-0.4, -0.2) is 27.1 Å². The van der Waals surface area contributed by atoms with Crippen LogP contribution in [-0.2, 0) is 6.42 Å². The highest BCUT2D eigenvalue weighted by atomic mass is 32.1. The van der Waals surface area contributed by atoms with E-state index >= 15 is 0 Å². The summed E-state index contributed by atoms with van der Waals surface area (Å²) in [7, 11) is 0. The summed E-state index contributed by atoms with van der Waals surface area (Å²) in [5, 5.41) is 9.27. The molecule has 0 saturated carbocycles. The number of thiazole rings is 1. The minimum Gasteiger partial charge on any atom is -0.489 e. The van der Waals surface area contributed by atoms with Crippen molar-refractivity contribution in [1.82, 2.24) is 9.38 Å². The highest BCUT2D eigenvalue weighted by molar-refractivity contribution is 7.19. The van der Waals surface area contributed by atoms with E-state index in [4.69, 9.17) is 4.74 Å². The van der Waals surface area contributed by atoms with Gasteiger partial charge >= 0.3 is 5.97 Å². The van der Waals surface area contributed by atoms with Crippen LogP contribution in [0, 0.1) is 0 Å². The van der Waals surface area contributed by atoms with E-state index in [1.165, 1.54) is 11.3 Å². The maximum Gasteiger partial charge on any atom is 0.347 e. The fourth-order valence-electron chi connectivity index (χ4n) is 2.45. The third-order valence-corrected chi connectivity index (χ3v) is 4.67. The number of nitrogens with zero attached hydrogens (tertiary/aromatic N) is 2. The van der Waals surface area contributed by atoms with Crippen molar-refractivity contribution < 1.29 is 14.6 Å². The average molecular weight is 342 g/mol. The first-order valence-electron chi connectivity index (χ1n) is 7.61. The maximum atomic E-state index is 11.3. The lowest BCUT2D eigenvalue weighted by atomic mass is 10.1. The number of carbonyl (C=O) groups is 1. The first-order chi connectivity index (χ1) is 11.5. The lowest BCUT2D eigenvalue weighted by molar-refractivity contribution is 0.0700. The number of aromatic nitrogens is 2. The molecule has 3 aromatic rings. The zero-order valence-corrected chi connectivity index (χ0v) is 14.4. The van der Waals surface area contributed by atoms with E-state index in [1.54, 1.807) is 0 Å². The number of benzene rings is 1. The van der Waals surface area contributed by atoms with Crippen molar-refractivity contribution in [2.75, 3.05) is 6.61 Å². The Bertz CT molecular complexity index is 906. The number of rotatable bonds is 6. The van der Waals surface area contributed by atoms with Gasteiger partial charge in [0.05, 0.1) is 5.69 Å². The Morgan fingerprint density at radius 3 is 2.67 bits per heavy atom. The lowest BCUT2D eigenvalue weighted by Crippen LogP contribution is -1.99. The summed E-state index contributed by atoms with van der Waals surface area (Å²) in [4.78, 5) is 16.9. The molecule has 0 aliphatic heterocycles. The molecule has 2 aromatic heterocycles. The number of imidazole rings is 1. The van der Waals surface area contributed by atoms with Crippen molar-refractivity contribution in [3.05, 3.63) is 53.2 Å². The molecular weight excluding hydrogens is 324 g/mol. The predicted octanol–water partition coefficient (Wildman–Crippen LogP) is 4.28. The summed E-state index contributed by atoms with van der Waals surface area (Å²) in [5.41, 5.74) is 3.53. The van der Waals surface area contributed by atoms with Gasteiger partial charge in [-0.15, -0.1) is 0 Å². The third-order valence-electron chi connectivity index (χ3n) is 3.58. The molecule has 0 saturated heterocycles. The van der Waals surface area contributed by atoms with E-state index in [2.05, 4.69) is 11.6 Å². The smallest absolute Gasteiger partial charge is 0.347 e. The van der Waals surface area contributed by atoms with E-state index in [0.29, 0.717) is 22.9 Å². The zero-order chi connectivity index (χ0) is 17.3. The molecule has 5 nitrogen and oxygen atoms in total. The quantitative estimate of drug-likeness (QED) is 0.679. The van der Waals surface area contributed by atoms with Crippen molar-refractivity contribution in [1.29, 1.82) is 0 Å². The molecule has 0 spiro atoms. The molecule has 3 rings (SSSR count). The largest absolute Gasteiger partial charge is 0.489 e. The highest BCUT2D eigenvalue weighted by Crippen LogP contribution is 2.28. The molecule has 0 amide bonds. The SMILES string of the molecule is C=C(C)COc1ccc(-c2cn3c(CC)c(C(=O)O)sc3n2)cc1. The first kappa shape index (κ1) is 16.3. The number of fused-ring (bicyclic) bond motifs is 1. The third kappa shape index (κ3) is 3.05. The van der Waals surface area contributed by atoms with Crippen LogP contribution in [0.15, 0.2) is 42.6 Å². The van der Waals surface area contributed by atoms with Crippen molar-refractivity contribution in [3.8, 4) is 17.0 Å². The van der Waals surface area contributed by atoms with E-state index in [1.807, 2.05) is 48.7 Å². The monoisotopic (exact) mass is 342 g/mol. The van der Waals surface area contributed by atoms with Gasteiger partial charge in [0, 0.05) is 17.5 Å². The summed E-state index contributed by atoms with van der Waals surface area (Å²) >= 11 is 1.20. The Morgan fingerprint density at radius 2 is 2.08 bits per heavy atom. The van der Waals surface area contributed by atoms with Gasteiger partial charge in [0.1, 0.15) is 17.2 Å². The van der Waals surface area contributed by atoms with Gasteiger partial charge in [0.2, 0.25) is 0 Å². The maximum absolute atomic E-state index is 11.3. The molecule has 124 valence electrons. The number of ether oxygens (including phenoxy) is 1. The van der Waals surface area contributed by atoms with Crippen LogP contribution >= 0.6 is 11.3 Å². The molecule has 0 atom stereocenters. The van der Waals surface area contributed by atoms with Gasteiger partial charge in [-0.1, -0.05) is 24.8 Å². The molecule has 1 N–H and O–H groups in total. The number of aryl methyl sites for hydroxylation is 1. The molecule has 6 heteroatoms. The second kappa shape index (κ2) is 6.49. The molecule has 0 aliphatic carbocycles. The minimum atomic E-state index is -0.900. The standard InChI is InChI=1S/C18H18N2O3S/c1-4-15-16(17(21)22)24-18-19-14(9-20(15)18)12-5-7-13(8-6-12)23-10-11(2)3/h5-9H,2,4,10H2,1,3H3,(H,21,22). The number of hydrogen-bond acceptors (Lipinski definition) is 4. The Balaban J connectivity index is 1.91. The molecule has 1 aromatic carbocycles. The summed E-state index contributed by atoms with van der Waals surface area (Å²) < 4.78 is 7.46. The summed E-state index contributed by atoms with van der Waals surface area (Å²) in [6.45, 7) is 8.17. The van der Waals surface area contributed by atoms with Crippen molar-refractivity contribution in [2.45, 2.75) is 20.3 Å². The highest BCUT2D eigenvalue weighted by Gasteiger charge is 2.18. The van der Waals surface area contributed by atoms with E-state index in [-0.39, 0.29) is 0 Å². The summed E-state index contributed by atoms with van der Waals surface area (Å²) in [6, 6.07) is 7.69. The van der Waals surface area contributed by atoms with Crippen LogP contribution < -0.4 is 4.74 Å². The molecule has 0 radical (unpaired) electrons. The van der Waals surface area contributed by atoms with Gasteiger partial charge in [-0.05, 0) is 43.2 Å². The molecule has 2 heterocycles. The number of aromatic carboxylic acids is 1. The van der Waals surface area contributed by atoms with Crippen molar-refractivity contribution >= 4 is 22.3 Å². The van der Waals surface area contributed by atoms with Crippen molar-refractivity contribution in [3.63, 3.8) is 0 Å².